The number of alkyl halides is 3. The largest absolute Gasteiger partial charge is 0.471 e. The molecule has 15 atom stereocenters. The lowest BCUT2D eigenvalue weighted by atomic mass is 9.83. The number of ether oxygens (including phenoxy) is 5. The van der Waals surface area contributed by atoms with Gasteiger partial charge in [0.15, 0.2) is 12.6 Å². The lowest BCUT2D eigenvalue weighted by Crippen LogP contribution is -2.70. The van der Waals surface area contributed by atoms with E-state index in [-0.39, 0.29) is 13.0 Å². The molecule has 6 unspecified atom stereocenters. The first kappa shape index (κ1) is 44.0. The van der Waals surface area contributed by atoms with Gasteiger partial charge in [0.2, 0.25) is 11.8 Å². The Bertz CT molecular complexity index is 1470. The number of nitrogens with one attached hydrogen (secondary N) is 4. The van der Waals surface area contributed by atoms with Crippen molar-refractivity contribution in [3.05, 3.63) is 35.9 Å². The van der Waals surface area contributed by atoms with Crippen LogP contribution in [0.4, 0.5) is 18.0 Å². The Morgan fingerprint density at radius 1 is 0.745 bits per heavy atom. The highest BCUT2D eigenvalue weighted by Crippen LogP contribution is 2.33. The molecule has 3 aliphatic rings. The lowest BCUT2D eigenvalue weighted by molar-refractivity contribution is -0.334. The molecule has 1 saturated carbocycles. The quantitative estimate of drug-likeness (QED) is 0.0955. The Morgan fingerprint density at radius 2 is 1.29 bits per heavy atom. The summed E-state index contributed by atoms with van der Waals surface area (Å²) in [5.41, 5.74) is 0.671. The predicted octanol–water partition coefficient (Wildman–Crippen LogP) is -4.25. The van der Waals surface area contributed by atoms with E-state index < -0.39 is 135 Å². The van der Waals surface area contributed by atoms with Gasteiger partial charge in [-0.15, -0.1) is 0 Å². The van der Waals surface area contributed by atoms with Gasteiger partial charge in [0, 0.05) is 20.4 Å². The minimum atomic E-state index is -5.45. The molecule has 20 nitrogen and oxygen atoms in total. The Kier molecular flexibility index (Phi) is 15.1. The molecular weight excluding hydrogens is 753 g/mol. The van der Waals surface area contributed by atoms with Crippen molar-refractivity contribution in [3.8, 4) is 0 Å². The molecule has 1 aliphatic carbocycles. The number of hydrogen-bond acceptors (Lipinski definition) is 16. The summed E-state index contributed by atoms with van der Waals surface area (Å²) in [7, 11) is 0. The van der Waals surface area contributed by atoms with Gasteiger partial charge in [0.05, 0.1) is 24.7 Å². The van der Waals surface area contributed by atoms with Crippen LogP contribution in [0.25, 0.3) is 0 Å². The van der Waals surface area contributed by atoms with Crippen LogP contribution in [0, 0.1) is 0 Å². The Morgan fingerprint density at radius 3 is 1.82 bits per heavy atom. The lowest BCUT2D eigenvalue weighted by Gasteiger charge is -2.49. The van der Waals surface area contributed by atoms with Crippen molar-refractivity contribution in [2.45, 2.75) is 125 Å². The summed E-state index contributed by atoms with van der Waals surface area (Å²) in [6.07, 6.45) is -29.5. The minimum Gasteiger partial charge on any atom is -0.445 e. The fourth-order valence-corrected chi connectivity index (χ4v) is 6.43. The van der Waals surface area contributed by atoms with Crippen LogP contribution in [0.3, 0.4) is 0 Å². The highest BCUT2D eigenvalue weighted by Gasteiger charge is 2.54. The van der Waals surface area contributed by atoms with Crippen molar-refractivity contribution in [2.24, 2.45) is 0 Å². The van der Waals surface area contributed by atoms with E-state index in [9.17, 15) is 68.1 Å². The summed E-state index contributed by atoms with van der Waals surface area (Å²) in [5, 5.41) is 83.7. The molecule has 0 bridgehead atoms. The Balaban J connectivity index is 1.55. The van der Waals surface area contributed by atoms with E-state index in [1.54, 1.807) is 30.3 Å². The average molecular weight is 799 g/mol. The van der Waals surface area contributed by atoms with Crippen LogP contribution in [0.1, 0.15) is 25.8 Å². The standard InChI is InChI=1S/C32H45F3N4O16/c1-12(41)37-15-8-16(38-13(2)42)27(25(48)26(15)54-28-22(45)19(20(43)18(10-40)53-28)39-30(49)32(33,34)35)55-29-24(47)23(46)21(44)17(52-29)9-36-31(50)51-11-14-6-4-3-5-7-14/h3-7,15-29,40,43-48H,8-11H2,1-2H3,(H,36,50)(H,37,41)(H,38,42)(H,39,49)/t15-,16?,17?,18?,19-,20-,21-,22?,23?,24+,25?,26-,27-,28-,29-/m1/s1. The molecule has 2 heterocycles. The molecule has 2 aliphatic heterocycles. The van der Waals surface area contributed by atoms with Crippen molar-refractivity contribution in [1.29, 1.82) is 0 Å². The number of amides is 4. The van der Waals surface area contributed by atoms with Crippen LogP contribution >= 0.6 is 0 Å². The van der Waals surface area contributed by atoms with Gasteiger partial charge in [0.1, 0.15) is 67.6 Å². The molecule has 55 heavy (non-hydrogen) atoms. The monoisotopic (exact) mass is 798 g/mol. The zero-order valence-electron chi connectivity index (χ0n) is 29.3. The van der Waals surface area contributed by atoms with Crippen LogP contribution in [0.15, 0.2) is 30.3 Å². The van der Waals surface area contributed by atoms with Gasteiger partial charge < -0.3 is 80.7 Å². The van der Waals surface area contributed by atoms with Crippen LogP contribution in [-0.2, 0) is 44.7 Å². The van der Waals surface area contributed by atoms with Crippen molar-refractivity contribution in [2.75, 3.05) is 13.2 Å². The summed E-state index contributed by atoms with van der Waals surface area (Å²) in [5.74, 6) is -3.92. The Labute approximate surface area is 310 Å². The van der Waals surface area contributed by atoms with E-state index in [4.69, 9.17) is 23.7 Å². The highest BCUT2D eigenvalue weighted by atomic mass is 19.4. The third-order valence-electron chi connectivity index (χ3n) is 9.10. The maximum absolute atomic E-state index is 13.1. The first-order valence-corrected chi connectivity index (χ1v) is 17.0. The zero-order valence-corrected chi connectivity index (χ0v) is 29.3. The molecule has 0 spiro atoms. The van der Waals surface area contributed by atoms with E-state index in [2.05, 4.69) is 16.0 Å². The van der Waals surface area contributed by atoms with Crippen molar-refractivity contribution >= 4 is 23.8 Å². The second-order valence-corrected chi connectivity index (χ2v) is 13.2. The number of alkyl carbamates (subject to hydrolysis) is 1. The SMILES string of the molecule is CC(=O)NC1C[C@@H](NC(C)=O)[C@@H](O[C@H]2OC(CO)[C@@H](O)[C@@H](NC(=O)C(F)(F)F)C2O)C(O)[C@@H]1O[C@H]1OC(CNC(=O)OCc2ccccc2)[C@@H](O)C(O)[C@@H]1O. The van der Waals surface area contributed by atoms with Crippen molar-refractivity contribution in [1.82, 2.24) is 21.3 Å². The molecule has 1 aromatic carbocycles. The molecule has 23 heteroatoms. The number of hydrogen-bond donors (Lipinski definition) is 11. The fraction of sp³-hybridized carbons (Fsp3) is 0.688. The van der Waals surface area contributed by atoms with Gasteiger partial charge in [-0.2, -0.15) is 13.2 Å². The zero-order chi connectivity index (χ0) is 40.8. The summed E-state index contributed by atoms with van der Waals surface area (Å²) >= 11 is 0. The van der Waals surface area contributed by atoms with Crippen LogP contribution < -0.4 is 21.3 Å². The van der Waals surface area contributed by atoms with Gasteiger partial charge in [-0.05, 0) is 12.0 Å². The van der Waals surface area contributed by atoms with Gasteiger partial charge >= 0.3 is 18.2 Å². The number of carbonyl (C=O) groups is 4. The van der Waals surface area contributed by atoms with Crippen LogP contribution in [0.5, 0.6) is 0 Å². The molecule has 4 rings (SSSR count). The van der Waals surface area contributed by atoms with E-state index in [0.717, 1.165) is 13.8 Å². The number of aliphatic hydroxyl groups is 7. The van der Waals surface area contributed by atoms with Gasteiger partial charge in [0.25, 0.3) is 0 Å². The molecule has 0 aromatic heterocycles. The minimum absolute atomic E-state index is 0.104. The smallest absolute Gasteiger partial charge is 0.445 e. The maximum Gasteiger partial charge on any atom is 0.471 e. The highest BCUT2D eigenvalue weighted by molar-refractivity contribution is 5.82. The van der Waals surface area contributed by atoms with Gasteiger partial charge in [-0.3, -0.25) is 14.4 Å². The van der Waals surface area contributed by atoms with E-state index in [1.165, 1.54) is 5.32 Å². The summed E-state index contributed by atoms with van der Waals surface area (Å²) in [6.45, 7) is 0.547. The van der Waals surface area contributed by atoms with Crippen LogP contribution in [-0.4, -0.2) is 171 Å². The third kappa shape index (κ3) is 11.2. The normalized spacial score (nSPS) is 36.6. The van der Waals surface area contributed by atoms with E-state index in [1.807, 2.05) is 0 Å². The number of carbonyl (C=O) groups excluding carboxylic acids is 4. The van der Waals surface area contributed by atoms with Gasteiger partial charge in [-0.1, -0.05) is 30.3 Å². The predicted molar refractivity (Wildman–Crippen MR) is 173 cm³/mol. The molecule has 11 N–H and O–H groups in total. The number of aliphatic hydroxyl groups excluding tert-OH is 7. The van der Waals surface area contributed by atoms with Crippen molar-refractivity contribution in [3.63, 3.8) is 0 Å². The van der Waals surface area contributed by atoms with Crippen LogP contribution in [0.2, 0.25) is 0 Å². The molecular formula is C32H45F3N4O16. The first-order chi connectivity index (χ1) is 25.8. The number of benzene rings is 1. The Hall–Kier alpha value is -3.75. The third-order valence-corrected chi connectivity index (χ3v) is 9.10. The first-order valence-electron chi connectivity index (χ1n) is 17.0. The van der Waals surface area contributed by atoms with E-state index in [0.29, 0.717) is 5.56 Å². The molecule has 2 saturated heterocycles. The second kappa shape index (κ2) is 18.9. The molecule has 0 radical (unpaired) electrons. The second-order valence-electron chi connectivity index (χ2n) is 13.2. The number of halogens is 3. The topological polar surface area (TPSA) is 304 Å². The molecule has 3 fully saturated rings. The average Bonchev–Trinajstić information content (AvgIpc) is 3.12. The van der Waals surface area contributed by atoms with Gasteiger partial charge in [-0.25, -0.2) is 4.79 Å². The van der Waals surface area contributed by atoms with E-state index >= 15 is 0 Å². The molecule has 1 aromatic rings. The molecule has 4 amide bonds. The number of rotatable bonds is 12. The van der Waals surface area contributed by atoms with Crippen molar-refractivity contribution < 1.29 is 91.8 Å². The summed E-state index contributed by atoms with van der Waals surface area (Å²) in [4.78, 5) is 48.5. The maximum atomic E-state index is 13.1. The molecule has 310 valence electrons. The fourth-order valence-electron chi connectivity index (χ4n) is 6.43. The summed E-state index contributed by atoms with van der Waals surface area (Å²) in [6, 6.07) is 3.98. The summed E-state index contributed by atoms with van der Waals surface area (Å²) < 4.78 is 67.1.